The Labute approximate surface area is 150 Å². The molecule has 0 atom stereocenters. The number of aryl methyl sites for hydroxylation is 1. The first-order chi connectivity index (χ1) is 11.8. The van der Waals surface area contributed by atoms with Crippen molar-refractivity contribution in [2.24, 2.45) is 0 Å². The Hall–Kier alpha value is -1.41. The first-order valence-electron chi connectivity index (χ1n) is 9.20. The lowest BCUT2D eigenvalue weighted by atomic mass is 9.94. The molecule has 0 aromatic carbocycles. The van der Waals surface area contributed by atoms with Gasteiger partial charge in [0.15, 0.2) is 0 Å². The summed E-state index contributed by atoms with van der Waals surface area (Å²) in [5, 5.41) is 4.29. The van der Waals surface area contributed by atoms with Crippen LogP contribution >= 0.6 is 0 Å². The van der Waals surface area contributed by atoms with Gasteiger partial charge in [0.25, 0.3) is 5.91 Å². The number of amides is 1. The first kappa shape index (κ1) is 18.4. The van der Waals surface area contributed by atoms with Crippen molar-refractivity contribution in [3.8, 4) is 0 Å². The van der Waals surface area contributed by atoms with E-state index in [0.717, 1.165) is 38.0 Å². The SMILES string of the molecule is CCN1CCCn2nc(C3CCN(S(=O)(=O)C(C)C)CC3)cc2C1=O. The molecule has 0 radical (unpaired) electrons. The summed E-state index contributed by atoms with van der Waals surface area (Å²) < 4.78 is 28.0. The molecule has 1 aromatic heterocycles. The fourth-order valence-electron chi connectivity index (χ4n) is 3.66. The number of hydrogen-bond donors (Lipinski definition) is 0. The number of piperidine rings is 1. The van der Waals surface area contributed by atoms with Crippen molar-refractivity contribution in [3.63, 3.8) is 0 Å². The van der Waals surface area contributed by atoms with E-state index >= 15 is 0 Å². The zero-order valence-corrected chi connectivity index (χ0v) is 16.1. The molecule has 2 aliphatic heterocycles. The first-order valence-corrected chi connectivity index (χ1v) is 10.7. The van der Waals surface area contributed by atoms with E-state index in [2.05, 4.69) is 5.10 Å². The number of nitrogens with zero attached hydrogens (tertiary/aromatic N) is 4. The molecule has 0 saturated carbocycles. The van der Waals surface area contributed by atoms with Gasteiger partial charge in [0.2, 0.25) is 10.0 Å². The number of rotatable bonds is 4. The molecule has 1 amide bonds. The van der Waals surface area contributed by atoms with E-state index in [4.69, 9.17) is 0 Å². The van der Waals surface area contributed by atoms with Crippen molar-refractivity contribution < 1.29 is 13.2 Å². The average molecular weight is 369 g/mol. The predicted molar refractivity (Wildman–Crippen MR) is 96.0 cm³/mol. The van der Waals surface area contributed by atoms with Crippen LogP contribution in [0.5, 0.6) is 0 Å². The van der Waals surface area contributed by atoms with Gasteiger partial charge >= 0.3 is 0 Å². The van der Waals surface area contributed by atoms with Crippen molar-refractivity contribution in [1.82, 2.24) is 19.0 Å². The van der Waals surface area contributed by atoms with Crippen LogP contribution in [0.4, 0.5) is 0 Å². The van der Waals surface area contributed by atoms with Gasteiger partial charge in [0, 0.05) is 38.6 Å². The maximum absolute atomic E-state index is 12.6. The Bertz CT molecular complexity index is 733. The van der Waals surface area contributed by atoms with Crippen LogP contribution in [0.25, 0.3) is 0 Å². The summed E-state index contributed by atoms with van der Waals surface area (Å²) >= 11 is 0. The van der Waals surface area contributed by atoms with Crippen LogP contribution in [0.2, 0.25) is 0 Å². The molecular weight excluding hydrogens is 340 g/mol. The van der Waals surface area contributed by atoms with Gasteiger partial charge in [0.1, 0.15) is 5.69 Å². The number of sulfonamides is 1. The zero-order valence-electron chi connectivity index (χ0n) is 15.3. The van der Waals surface area contributed by atoms with Crippen LogP contribution in [0.1, 0.15) is 62.1 Å². The second-order valence-corrected chi connectivity index (χ2v) is 9.67. The molecule has 8 heteroatoms. The van der Waals surface area contributed by atoms with E-state index in [1.807, 2.05) is 22.6 Å². The second-order valence-electron chi connectivity index (χ2n) is 7.18. The van der Waals surface area contributed by atoms with E-state index in [0.29, 0.717) is 25.3 Å². The summed E-state index contributed by atoms with van der Waals surface area (Å²) in [5.74, 6) is 0.277. The number of hydrogen-bond acceptors (Lipinski definition) is 4. The number of carbonyl (C=O) groups excluding carboxylic acids is 1. The molecule has 140 valence electrons. The highest BCUT2D eigenvalue weighted by atomic mass is 32.2. The van der Waals surface area contributed by atoms with Gasteiger partial charge in [-0.05, 0) is 46.1 Å². The summed E-state index contributed by atoms with van der Waals surface area (Å²) in [5.41, 5.74) is 1.61. The van der Waals surface area contributed by atoms with Gasteiger partial charge in [-0.15, -0.1) is 0 Å². The van der Waals surface area contributed by atoms with Gasteiger partial charge in [-0.25, -0.2) is 12.7 Å². The maximum atomic E-state index is 12.6. The van der Waals surface area contributed by atoms with Crippen LogP contribution in [0, 0.1) is 0 Å². The molecule has 0 unspecified atom stereocenters. The third kappa shape index (κ3) is 3.46. The van der Waals surface area contributed by atoms with Crippen LogP contribution in [-0.2, 0) is 16.6 Å². The van der Waals surface area contributed by atoms with E-state index in [9.17, 15) is 13.2 Å². The highest BCUT2D eigenvalue weighted by molar-refractivity contribution is 7.89. The monoisotopic (exact) mass is 368 g/mol. The third-order valence-electron chi connectivity index (χ3n) is 5.31. The van der Waals surface area contributed by atoms with Crippen LogP contribution < -0.4 is 0 Å². The minimum absolute atomic E-state index is 0.0542. The Morgan fingerprint density at radius 2 is 1.88 bits per heavy atom. The molecule has 0 bridgehead atoms. The fourth-order valence-corrected chi connectivity index (χ4v) is 4.98. The van der Waals surface area contributed by atoms with Gasteiger partial charge < -0.3 is 4.90 Å². The van der Waals surface area contributed by atoms with Crippen LogP contribution in [-0.4, -0.2) is 64.7 Å². The Morgan fingerprint density at radius 3 is 2.48 bits per heavy atom. The Kier molecular flexibility index (Phi) is 5.20. The molecule has 1 aromatic rings. The highest BCUT2D eigenvalue weighted by Crippen LogP contribution is 2.30. The summed E-state index contributed by atoms with van der Waals surface area (Å²) in [4.78, 5) is 14.5. The molecule has 0 spiro atoms. The van der Waals surface area contributed by atoms with Crippen molar-refractivity contribution in [3.05, 3.63) is 17.5 Å². The fraction of sp³-hybridized carbons (Fsp3) is 0.765. The van der Waals surface area contributed by atoms with Gasteiger partial charge in [0.05, 0.1) is 10.9 Å². The van der Waals surface area contributed by atoms with Crippen molar-refractivity contribution >= 4 is 15.9 Å². The number of aromatic nitrogens is 2. The topological polar surface area (TPSA) is 75.5 Å². The van der Waals surface area contributed by atoms with Crippen LogP contribution in [0.15, 0.2) is 6.07 Å². The minimum Gasteiger partial charge on any atom is -0.338 e. The number of carbonyl (C=O) groups is 1. The largest absolute Gasteiger partial charge is 0.338 e. The van der Waals surface area contributed by atoms with Gasteiger partial charge in [-0.1, -0.05) is 0 Å². The lowest BCUT2D eigenvalue weighted by molar-refractivity contribution is 0.0766. The molecule has 3 heterocycles. The molecule has 1 fully saturated rings. The van der Waals surface area contributed by atoms with Crippen molar-refractivity contribution in [2.45, 2.75) is 57.7 Å². The molecular formula is C17H28N4O3S. The molecule has 1 saturated heterocycles. The van der Waals surface area contributed by atoms with Gasteiger partial charge in [-0.2, -0.15) is 5.10 Å². The predicted octanol–water partition coefficient (Wildman–Crippen LogP) is 1.67. The van der Waals surface area contributed by atoms with E-state index < -0.39 is 10.0 Å². The molecule has 2 aliphatic rings. The van der Waals surface area contributed by atoms with Crippen molar-refractivity contribution in [2.75, 3.05) is 26.2 Å². The van der Waals surface area contributed by atoms with Gasteiger partial charge in [-0.3, -0.25) is 9.48 Å². The second kappa shape index (κ2) is 7.07. The normalized spacial score (nSPS) is 20.8. The molecule has 3 rings (SSSR count). The summed E-state index contributed by atoms with van der Waals surface area (Å²) in [6, 6.07) is 1.92. The summed E-state index contributed by atoms with van der Waals surface area (Å²) in [6.45, 7) is 8.75. The van der Waals surface area contributed by atoms with E-state index in [1.165, 1.54) is 0 Å². The highest BCUT2D eigenvalue weighted by Gasteiger charge is 2.32. The smallest absolute Gasteiger partial charge is 0.272 e. The minimum atomic E-state index is -3.19. The average Bonchev–Trinajstić information content (AvgIpc) is 2.96. The number of fused-ring (bicyclic) bond motifs is 1. The van der Waals surface area contributed by atoms with E-state index in [1.54, 1.807) is 18.2 Å². The zero-order chi connectivity index (χ0) is 18.2. The molecule has 0 aliphatic carbocycles. The van der Waals surface area contributed by atoms with Crippen LogP contribution in [0.3, 0.4) is 0 Å². The lowest BCUT2D eigenvalue weighted by Crippen LogP contribution is -2.41. The Morgan fingerprint density at radius 1 is 1.20 bits per heavy atom. The summed E-state index contributed by atoms with van der Waals surface area (Å²) in [6.07, 6.45) is 2.43. The summed E-state index contributed by atoms with van der Waals surface area (Å²) in [7, 11) is -3.19. The molecule has 25 heavy (non-hydrogen) atoms. The van der Waals surface area contributed by atoms with E-state index in [-0.39, 0.29) is 17.1 Å². The molecule has 0 N–H and O–H groups in total. The lowest BCUT2D eigenvalue weighted by Gasteiger charge is -2.31. The Balaban J connectivity index is 1.73. The van der Waals surface area contributed by atoms with Crippen molar-refractivity contribution in [1.29, 1.82) is 0 Å². The quantitative estimate of drug-likeness (QED) is 0.810. The maximum Gasteiger partial charge on any atom is 0.272 e. The molecule has 7 nitrogen and oxygen atoms in total. The standard InChI is InChI=1S/C17H28N4O3S/c1-4-19-8-5-9-21-16(17(19)22)12-15(18-21)14-6-10-20(11-7-14)25(23,24)13(2)3/h12-14H,4-11H2,1-3H3. The third-order valence-corrected chi connectivity index (χ3v) is 7.59.